The number of nitrogens with one attached hydrogen (secondary N) is 2. The quantitative estimate of drug-likeness (QED) is 0.143. The molecule has 2 aliphatic rings. The molecule has 0 saturated carbocycles. The van der Waals surface area contributed by atoms with Gasteiger partial charge in [-0.05, 0) is 118 Å². The largest absolute Gasteiger partial charge is 0.436 e. The van der Waals surface area contributed by atoms with E-state index < -0.39 is 23.3 Å². The molecule has 0 aliphatic carbocycles. The zero-order chi connectivity index (χ0) is 44.0. The summed E-state index contributed by atoms with van der Waals surface area (Å²) in [6, 6.07) is 12.7. The molecule has 0 spiro atoms. The van der Waals surface area contributed by atoms with Gasteiger partial charge in [-0.15, -0.1) is 0 Å². The second-order valence-electron chi connectivity index (χ2n) is 17.7. The van der Waals surface area contributed by atoms with E-state index in [2.05, 4.69) is 25.9 Å². The number of hydrogen-bond donors (Lipinski definition) is 2. The van der Waals surface area contributed by atoms with Gasteiger partial charge in [0, 0.05) is 48.4 Å². The van der Waals surface area contributed by atoms with E-state index in [1.165, 1.54) is 9.80 Å². The van der Waals surface area contributed by atoms with E-state index in [1.807, 2.05) is 53.7 Å². The number of oxazole rings is 1. The average Bonchev–Trinajstić information content (AvgIpc) is 4.03. The van der Waals surface area contributed by atoms with Crippen LogP contribution in [-0.4, -0.2) is 97.3 Å². The molecule has 5 heterocycles. The number of aromatic nitrogens is 3. The number of likely N-dealkylation sites (tertiary alicyclic amines) is 2. The van der Waals surface area contributed by atoms with Crippen molar-refractivity contribution in [2.75, 3.05) is 23.7 Å². The van der Waals surface area contributed by atoms with Gasteiger partial charge in [0.1, 0.15) is 34.7 Å². The first-order valence-corrected chi connectivity index (χ1v) is 20.4. The van der Waals surface area contributed by atoms with Gasteiger partial charge in [-0.1, -0.05) is 10.3 Å². The van der Waals surface area contributed by atoms with Gasteiger partial charge in [-0.25, -0.2) is 4.98 Å². The Balaban J connectivity index is 0.994. The minimum Gasteiger partial charge on any atom is -0.436 e. The molecule has 0 unspecified atom stereocenters. The third-order valence-corrected chi connectivity index (χ3v) is 10.5. The highest BCUT2D eigenvalue weighted by atomic mass is 16.5. The Morgan fingerprint density at radius 3 is 1.43 bits per heavy atom. The van der Waals surface area contributed by atoms with Crippen molar-refractivity contribution >= 4 is 35.0 Å². The highest BCUT2D eigenvalue weighted by molar-refractivity contribution is 6.03. The lowest BCUT2D eigenvalue weighted by atomic mass is 10.1. The van der Waals surface area contributed by atoms with E-state index >= 15 is 0 Å². The normalized spacial score (nSPS) is 19.4. The Labute approximate surface area is 354 Å². The molecule has 322 valence electrons. The molecule has 16 heteroatoms. The lowest BCUT2D eigenvalue weighted by Crippen LogP contribution is -2.43. The van der Waals surface area contributed by atoms with Gasteiger partial charge in [-0.3, -0.25) is 19.2 Å². The summed E-state index contributed by atoms with van der Waals surface area (Å²) >= 11 is 0. The number of rotatable bonds is 10. The van der Waals surface area contributed by atoms with Crippen LogP contribution in [0.3, 0.4) is 0 Å². The second kappa shape index (κ2) is 16.7. The van der Waals surface area contributed by atoms with Crippen LogP contribution in [0.25, 0.3) is 22.8 Å². The standard InChI is InChI=1S/C45H53N7O9/c1-24-37(26(3)60-49-24)42(55)51-22-32(58-44(5,6)7)19-34(51)39(53)47-30-15-11-28(12-16-30)36-21-46-41(57-36)29-13-17-31(18-14-29)48-40(54)35-20-33(59-45(8,9)10)23-52(35)43(56)38-25(2)50-61-27(38)4/h11-18,21,32-35H,19-20,22-23H2,1-10H3,(H,47,53)(H,48,54)/t32-,33-,34+,35+/m1/s1. The van der Waals surface area contributed by atoms with Gasteiger partial charge in [0.05, 0.1) is 41.0 Å². The summed E-state index contributed by atoms with van der Waals surface area (Å²) in [6.07, 6.45) is 1.62. The fourth-order valence-corrected chi connectivity index (χ4v) is 7.98. The molecule has 2 fully saturated rings. The van der Waals surface area contributed by atoms with Gasteiger partial charge < -0.3 is 43.4 Å². The van der Waals surface area contributed by atoms with Gasteiger partial charge in [0.15, 0.2) is 5.76 Å². The maximum atomic E-state index is 13.7. The smallest absolute Gasteiger partial charge is 0.260 e. The number of anilines is 2. The number of nitrogens with zero attached hydrogens (tertiary/aromatic N) is 5. The van der Waals surface area contributed by atoms with Crippen molar-refractivity contribution in [3.63, 3.8) is 0 Å². The van der Waals surface area contributed by atoms with Crippen molar-refractivity contribution in [3.05, 3.63) is 88.8 Å². The van der Waals surface area contributed by atoms with Crippen LogP contribution in [0.4, 0.5) is 11.4 Å². The molecule has 2 aromatic carbocycles. The summed E-state index contributed by atoms with van der Waals surface area (Å²) in [5.74, 6) is 0.343. The van der Waals surface area contributed by atoms with Crippen molar-refractivity contribution in [1.29, 1.82) is 0 Å². The Bertz CT molecular complexity index is 2210. The SMILES string of the molecule is Cc1noc(C)c1C(=O)N1C[C@H](OC(C)(C)C)C[C@H]1C(=O)Nc1ccc(-c2cnc(-c3ccc(NC(=O)[C@@H]4C[C@@H](OC(C)(C)C)CN4C(=O)c4c(C)noc4C)cc3)o2)cc1. The summed E-state index contributed by atoms with van der Waals surface area (Å²) in [5, 5.41) is 13.8. The van der Waals surface area contributed by atoms with E-state index in [-0.39, 0.29) is 48.9 Å². The number of ether oxygens (including phenoxy) is 2. The topological polar surface area (TPSA) is 195 Å². The van der Waals surface area contributed by atoms with E-state index in [9.17, 15) is 19.2 Å². The summed E-state index contributed by atoms with van der Waals surface area (Å²) in [6.45, 7) is 18.9. The Hall–Kier alpha value is -6.13. The maximum Gasteiger partial charge on any atom is 0.260 e. The number of carbonyl (C=O) groups excluding carboxylic acids is 4. The van der Waals surface area contributed by atoms with Gasteiger partial charge in [0.2, 0.25) is 17.7 Å². The van der Waals surface area contributed by atoms with Crippen LogP contribution < -0.4 is 10.6 Å². The molecule has 0 radical (unpaired) electrons. The van der Waals surface area contributed by atoms with Crippen molar-refractivity contribution in [3.8, 4) is 22.8 Å². The minimum absolute atomic E-state index is 0.252. The predicted octanol–water partition coefficient (Wildman–Crippen LogP) is 7.29. The third kappa shape index (κ3) is 9.60. The first-order chi connectivity index (χ1) is 28.7. The van der Waals surface area contributed by atoms with Crippen molar-refractivity contribution in [2.45, 2.75) is 118 Å². The van der Waals surface area contributed by atoms with Crippen LogP contribution in [0.2, 0.25) is 0 Å². The lowest BCUT2D eigenvalue weighted by Gasteiger charge is -2.25. The van der Waals surface area contributed by atoms with Gasteiger partial charge in [-0.2, -0.15) is 0 Å². The predicted molar refractivity (Wildman–Crippen MR) is 225 cm³/mol. The van der Waals surface area contributed by atoms with Crippen LogP contribution in [0.1, 0.15) is 98.0 Å². The summed E-state index contributed by atoms with van der Waals surface area (Å²) < 4.78 is 29.0. The molecule has 0 bridgehead atoms. The maximum absolute atomic E-state index is 13.7. The molecule has 2 saturated heterocycles. The minimum atomic E-state index is -0.775. The van der Waals surface area contributed by atoms with Crippen LogP contribution >= 0.6 is 0 Å². The fourth-order valence-electron chi connectivity index (χ4n) is 7.98. The molecular formula is C45H53N7O9. The first-order valence-electron chi connectivity index (χ1n) is 20.4. The Kier molecular flexibility index (Phi) is 11.8. The van der Waals surface area contributed by atoms with Crippen LogP contribution in [0.15, 0.2) is 68.2 Å². The number of hydrogen-bond acceptors (Lipinski definition) is 12. The molecular weight excluding hydrogens is 783 g/mol. The van der Waals surface area contributed by atoms with Gasteiger partial charge >= 0.3 is 0 Å². The monoisotopic (exact) mass is 835 g/mol. The van der Waals surface area contributed by atoms with E-state index in [1.54, 1.807) is 70.3 Å². The van der Waals surface area contributed by atoms with Crippen molar-refractivity contribution in [2.24, 2.45) is 0 Å². The van der Waals surface area contributed by atoms with E-state index in [0.29, 0.717) is 75.5 Å². The van der Waals surface area contributed by atoms with E-state index in [0.717, 1.165) is 5.56 Å². The molecule has 2 aliphatic heterocycles. The molecule has 16 nitrogen and oxygen atoms in total. The number of amides is 4. The molecule has 4 atom stereocenters. The summed E-state index contributed by atoms with van der Waals surface area (Å²) in [7, 11) is 0. The van der Waals surface area contributed by atoms with Crippen molar-refractivity contribution < 1.29 is 42.1 Å². The summed E-state index contributed by atoms with van der Waals surface area (Å²) in [5.41, 5.74) is 3.21. The highest BCUT2D eigenvalue weighted by Crippen LogP contribution is 2.32. The number of benzene rings is 2. The average molecular weight is 836 g/mol. The lowest BCUT2D eigenvalue weighted by molar-refractivity contribution is -0.120. The Morgan fingerprint density at radius 2 is 1.05 bits per heavy atom. The zero-order valence-corrected chi connectivity index (χ0v) is 36.2. The number of aryl methyl sites for hydroxylation is 4. The molecule has 7 rings (SSSR count). The highest BCUT2D eigenvalue weighted by Gasteiger charge is 2.44. The third-order valence-electron chi connectivity index (χ3n) is 10.5. The molecule has 2 N–H and O–H groups in total. The van der Waals surface area contributed by atoms with E-state index in [4.69, 9.17) is 22.9 Å². The van der Waals surface area contributed by atoms with Crippen LogP contribution in [0.5, 0.6) is 0 Å². The molecule has 61 heavy (non-hydrogen) atoms. The van der Waals surface area contributed by atoms with Crippen molar-refractivity contribution in [1.82, 2.24) is 25.1 Å². The van der Waals surface area contributed by atoms with Gasteiger partial charge in [0.25, 0.3) is 11.8 Å². The molecule has 4 amide bonds. The summed E-state index contributed by atoms with van der Waals surface area (Å²) in [4.78, 5) is 62.4. The fraction of sp³-hybridized carbons (Fsp3) is 0.444. The molecule has 5 aromatic rings. The Morgan fingerprint density at radius 1 is 0.639 bits per heavy atom. The van der Waals surface area contributed by atoms with Crippen LogP contribution in [-0.2, 0) is 19.1 Å². The molecule has 3 aromatic heterocycles. The number of carbonyl (C=O) groups is 4. The van der Waals surface area contributed by atoms with Crippen LogP contribution in [0, 0.1) is 27.7 Å². The first kappa shape index (κ1) is 43.0. The second-order valence-corrected chi connectivity index (χ2v) is 17.7. The zero-order valence-electron chi connectivity index (χ0n) is 36.2.